The van der Waals surface area contributed by atoms with E-state index in [1.54, 1.807) is 7.11 Å². The van der Waals surface area contributed by atoms with Gasteiger partial charge in [0.25, 0.3) is 0 Å². The molecule has 1 heterocycles. The third-order valence-corrected chi connectivity index (χ3v) is 7.21. The molecule has 3 aromatic carbocycles. The zero-order chi connectivity index (χ0) is 24.3. The van der Waals surface area contributed by atoms with E-state index in [2.05, 4.69) is 5.32 Å². The molecule has 1 unspecified atom stereocenters. The first-order valence-electron chi connectivity index (χ1n) is 12.2. The Labute approximate surface area is 211 Å². The van der Waals surface area contributed by atoms with Crippen molar-refractivity contribution < 1.29 is 19.0 Å². The van der Waals surface area contributed by atoms with Crippen LogP contribution >= 0.6 is 11.6 Å². The number of nitrogens with one attached hydrogen (secondary N) is 1. The molecule has 1 aliphatic heterocycles. The predicted molar refractivity (Wildman–Crippen MR) is 136 cm³/mol. The van der Waals surface area contributed by atoms with E-state index in [0.717, 1.165) is 48.1 Å². The molecule has 0 saturated heterocycles. The first kappa shape index (κ1) is 23.6. The summed E-state index contributed by atoms with van der Waals surface area (Å²) in [6, 6.07) is 21.4. The lowest BCUT2D eigenvalue weighted by molar-refractivity contribution is -0.123. The van der Waals surface area contributed by atoms with Gasteiger partial charge in [-0.3, -0.25) is 4.79 Å². The average Bonchev–Trinajstić information content (AvgIpc) is 2.86. The lowest BCUT2D eigenvalue weighted by Crippen LogP contribution is -2.49. The quantitative estimate of drug-likeness (QED) is 0.395. The molecule has 1 spiro atoms. The van der Waals surface area contributed by atoms with Gasteiger partial charge in [-0.25, -0.2) is 0 Å². The molecule has 2 aliphatic rings. The zero-order valence-corrected chi connectivity index (χ0v) is 20.6. The highest BCUT2D eigenvalue weighted by Crippen LogP contribution is 2.49. The van der Waals surface area contributed by atoms with Crippen LogP contribution in [-0.4, -0.2) is 18.6 Å². The molecule has 1 saturated carbocycles. The van der Waals surface area contributed by atoms with Gasteiger partial charge in [-0.2, -0.15) is 0 Å². The number of carbonyl (C=O) groups excluding carboxylic acids is 1. The Morgan fingerprint density at radius 2 is 1.94 bits per heavy atom. The molecule has 1 atom stereocenters. The molecule has 0 aromatic heterocycles. The summed E-state index contributed by atoms with van der Waals surface area (Å²) in [5.41, 5.74) is 2.81. The Bertz CT molecular complexity index is 1190. The number of para-hydroxylation sites is 1. The summed E-state index contributed by atoms with van der Waals surface area (Å²) >= 11 is 6.26. The van der Waals surface area contributed by atoms with Gasteiger partial charge in [0.1, 0.15) is 18.0 Å². The highest BCUT2D eigenvalue weighted by molar-refractivity contribution is 6.30. The molecule has 1 fully saturated rings. The van der Waals surface area contributed by atoms with Crippen LogP contribution in [0.5, 0.6) is 17.2 Å². The minimum Gasteiger partial charge on any atom is -0.493 e. The maximum absolute atomic E-state index is 13.1. The predicted octanol–water partition coefficient (Wildman–Crippen LogP) is 6.42. The molecule has 0 radical (unpaired) electrons. The molecular weight excluding hydrogens is 462 g/mol. The van der Waals surface area contributed by atoms with Gasteiger partial charge >= 0.3 is 0 Å². The fraction of sp³-hybridized carbons (Fsp3) is 0.345. The number of fused-ring (bicyclic) bond motifs is 1. The Balaban J connectivity index is 1.27. The molecule has 1 amide bonds. The molecule has 0 bridgehead atoms. The van der Waals surface area contributed by atoms with Gasteiger partial charge in [0.05, 0.1) is 13.2 Å². The van der Waals surface area contributed by atoms with Crippen LogP contribution in [-0.2, 0) is 17.8 Å². The molecule has 1 N–H and O–H groups in total. The number of amides is 1. The van der Waals surface area contributed by atoms with Crippen LogP contribution in [0.25, 0.3) is 0 Å². The number of benzene rings is 3. The fourth-order valence-corrected chi connectivity index (χ4v) is 5.16. The number of aryl methyl sites for hydroxylation is 1. The average molecular weight is 492 g/mol. The minimum atomic E-state index is -0.163. The van der Waals surface area contributed by atoms with Crippen molar-refractivity contribution in [2.24, 2.45) is 0 Å². The van der Waals surface area contributed by atoms with Gasteiger partial charge in [0.2, 0.25) is 5.91 Å². The molecule has 182 valence electrons. The van der Waals surface area contributed by atoms with Gasteiger partial charge in [0.15, 0.2) is 11.5 Å². The van der Waals surface area contributed by atoms with Crippen molar-refractivity contribution in [1.82, 2.24) is 5.32 Å². The van der Waals surface area contributed by atoms with Crippen molar-refractivity contribution in [2.45, 2.75) is 56.8 Å². The van der Waals surface area contributed by atoms with Crippen molar-refractivity contribution in [2.75, 3.05) is 7.11 Å². The van der Waals surface area contributed by atoms with Crippen LogP contribution in [0, 0.1) is 0 Å². The normalized spacial score (nSPS) is 17.6. The summed E-state index contributed by atoms with van der Waals surface area (Å²) in [7, 11) is 1.63. The van der Waals surface area contributed by atoms with E-state index in [9.17, 15) is 4.79 Å². The van der Waals surface area contributed by atoms with Gasteiger partial charge in [-0.05, 0) is 61.1 Å². The highest BCUT2D eigenvalue weighted by atomic mass is 35.5. The molecule has 5 nitrogen and oxygen atoms in total. The van der Waals surface area contributed by atoms with Crippen molar-refractivity contribution in [3.63, 3.8) is 0 Å². The Kier molecular flexibility index (Phi) is 6.87. The lowest BCUT2D eigenvalue weighted by Gasteiger charge is -2.48. The number of halogens is 1. The highest BCUT2D eigenvalue weighted by Gasteiger charge is 2.45. The van der Waals surface area contributed by atoms with E-state index in [-0.39, 0.29) is 17.6 Å². The summed E-state index contributed by atoms with van der Waals surface area (Å²) in [5.74, 6) is 2.17. The first-order chi connectivity index (χ1) is 17.0. The van der Waals surface area contributed by atoms with Crippen LogP contribution in [0.3, 0.4) is 0 Å². The Hall–Kier alpha value is -3.18. The van der Waals surface area contributed by atoms with Crippen molar-refractivity contribution in [1.29, 1.82) is 0 Å². The van der Waals surface area contributed by atoms with Gasteiger partial charge in [0, 0.05) is 23.4 Å². The molecular formula is C29H30ClNO4. The lowest BCUT2D eigenvalue weighted by atomic mass is 9.73. The maximum Gasteiger partial charge on any atom is 0.220 e. The van der Waals surface area contributed by atoms with E-state index in [1.165, 1.54) is 0 Å². The van der Waals surface area contributed by atoms with E-state index in [4.69, 9.17) is 25.8 Å². The topological polar surface area (TPSA) is 56.8 Å². The summed E-state index contributed by atoms with van der Waals surface area (Å²) in [4.78, 5) is 13.1. The van der Waals surface area contributed by atoms with Crippen LogP contribution in [0.4, 0.5) is 0 Å². The SMILES string of the molecule is COc1cccc(CCC(=O)NC2CC3(CCC3)Oc3ccc(Cl)cc32)c1OCc1ccccc1. The molecule has 35 heavy (non-hydrogen) atoms. The van der Waals surface area contributed by atoms with Crippen LogP contribution < -0.4 is 19.5 Å². The number of ether oxygens (including phenoxy) is 3. The van der Waals surface area contributed by atoms with E-state index >= 15 is 0 Å². The summed E-state index contributed by atoms with van der Waals surface area (Å²) in [6.45, 7) is 0.433. The second-order valence-corrected chi connectivity index (χ2v) is 9.80. The molecule has 1 aliphatic carbocycles. The van der Waals surface area contributed by atoms with Crippen molar-refractivity contribution in [3.8, 4) is 17.2 Å². The Morgan fingerprint density at radius 1 is 1.11 bits per heavy atom. The second kappa shape index (κ2) is 10.2. The number of carbonyl (C=O) groups is 1. The second-order valence-electron chi connectivity index (χ2n) is 9.37. The third kappa shape index (κ3) is 5.25. The molecule has 3 aromatic rings. The summed E-state index contributed by atoms with van der Waals surface area (Å²) in [5, 5.41) is 3.90. The Morgan fingerprint density at radius 3 is 2.69 bits per heavy atom. The van der Waals surface area contributed by atoms with Gasteiger partial charge in [-0.15, -0.1) is 0 Å². The first-order valence-corrected chi connectivity index (χ1v) is 12.5. The third-order valence-electron chi connectivity index (χ3n) is 6.98. The fourth-order valence-electron chi connectivity index (χ4n) is 4.97. The van der Waals surface area contributed by atoms with Gasteiger partial charge < -0.3 is 19.5 Å². The number of methoxy groups -OCH3 is 1. The maximum atomic E-state index is 13.1. The number of rotatable bonds is 8. The smallest absolute Gasteiger partial charge is 0.220 e. The largest absolute Gasteiger partial charge is 0.493 e. The standard InChI is InChI=1S/C29H30ClNO4/c1-33-26-10-5-9-21(28(26)34-19-20-7-3-2-4-8-20)11-14-27(32)31-24-18-29(15-6-16-29)35-25-13-12-22(30)17-23(24)25/h2-5,7-10,12-13,17,24H,6,11,14-16,18-19H2,1H3,(H,31,32). The van der Waals surface area contributed by atoms with Gasteiger partial charge in [-0.1, -0.05) is 54.1 Å². The number of hydrogen-bond donors (Lipinski definition) is 1. The molecule has 5 rings (SSSR count). The van der Waals surface area contributed by atoms with E-state index in [1.807, 2.05) is 66.7 Å². The van der Waals surface area contributed by atoms with Crippen LogP contribution in [0.1, 0.15) is 54.8 Å². The van der Waals surface area contributed by atoms with Crippen molar-refractivity contribution >= 4 is 17.5 Å². The monoisotopic (exact) mass is 491 g/mol. The summed E-state index contributed by atoms with van der Waals surface area (Å²) < 4.78 is 18.0. The van der Waals surface area contributed by atoms with E-state index in [0.29, 0.717) is 36.0 Å². The zero-order valence-electron chi connectivity index (χ0n) is 19.9. The molecule has 6 heteroatoms. The van der Waals surface area contributed by atoms with E-state index < -0.39 is 0 Å². The summed E-state index contributed by atoms with van der Waals surface area (Å²) in [6.07, 6.45) is 4.86. The number of hydrogen-bond acceptors (Lipinski definition) is 4. The minimum absolute atomic E-state index is 0.00544. The van der Waals surface area contributed by atoms with Crippen molar-refractivity contribution in [3.05, 3.63) is 88.4 Å². The van der Waals surface area contributed by atoms with Crippen LogP contribution in [0.2, 0.25) is 5.02 Å². The van der Waals surface area contributed by atoms with Crippen LogP contribution in [0.15, 0.2) is 66.7 Å².